The van der Waals surface area contributed by atoms with Gasteiger partial charge in [-0.3, -0.25) is 24.5 Å². The molecule has 9 N–H and O–H groups in total. The maximum Gasteiger partial charge on any atom is 0.313 e. The van der Waals surface area contributed by atoms with E-state index in [2.05, 4.69) is 0 Å². The molecule has 0 saturated heterocycles. The Labute approximate surface area is 184 Å². The number of aliphatic hydroxyl groups is 4. The van der Waals surface area contributed by atoms with Gasteiger partial charge < -0.3 is 37.0 Å². The van der Waals surface area contributed by atoms with Crippen LogP contribution in [0.25, 0.3) is 5.76 Å². The Morgan fingerprint density at radius 3 is 2.39 bits per heavy atom. The van der Waals surface area contributed by atoms with Crippen LogP contribution in [-0.4, -0.2) is 53.5 Å². The number of amides is 1. The number of hydrogen-bond acceptors (Lipinski definition) is 11. The summed E-state index contributed by atoms with van der Waals surface area (Å²) in [6.07, 6.45) is -0.911. The number of phenols is 1. The first-order chi connectivity index (χ1) is 15.2. The maximum absolute atomic E-state index is 13.4. The van der Waals surface area contributed by atoms with E-state index in [9.17, 15) is 50.0 Å². The van der Waals surface area contributed by atoms with Crippen LogP contribution < -0.4 is 11.5 Å². The topological polar surface area (TPSA) is 248 Å². The Kier molecular flexibility index (Phi) is 4.39. The molecule has 1 saturated carbocycles. The van der Waals surface area contributed by atoms with Crippen molar-refractivity contribution >= 4 is 34.6 Å². The van der Waals surface area contributed by atoms with E-state index in [0.717, 1.165) is 6.07 Å². The standard InChI is InChI=1S/C20H19N3O10/c1-19(30)6-2-5-3-9(24)11(18(22)29)17(28)20(5,31)16(27)10(6)15(26)12-13(19)7(21)4-8(14(12)25)23(32)33/h4-6,25-26,28,30-31H,2-3,21H2,1H3,(H2,22,29)/t5-,6-,19?,20-/m0/s1. The van der Waals surface area contributed by atoms with E-state index in [-0.39, 0.29) is 17.7 Å². The Hall–Kier alpha value is -3.97. The van der Waals surface area contributed by atoms with Crippen molar-refractivity contribution in [1.29, 1.82) is 0 Å². The van der Waals surface area contributed by atoms with Crippen LogP contribution in [0.4, 0.5) is 11.4 Å². The molecule has 1 fully saturated rings. The van der Waals surface area contributed by atoms with Crippen LogP contribution in [0.1, 0.15) is 30.9 Å². The summed E-state index contributed by atoms with van der Waals surface area (Å²) >= 11 is 0. The summed E-state index contributed by atoms with van der Waals surface area (Å²) in [5.41, 5.74) is 2.22. The molecule has 0 bridgehead atoms. The van der Waals surface area contributed by atoms with Gasteiger partial charge in [0, 0.05) is 41.1 Å². The molecule has 174 valence electrons. The molecule has 3 aliphatic rings. The van der Waals surface area contributed by atoms with Gasteiger partial charge in [-0.25, -0.2) is 0 Å². The molecule has 0 spiro atoms. The fourth-order valence-electron chi connectivity index (χ4n) is 5.24. The molecular weight excluding hydrogens is 442 g/mol. The quantitative estimate of drug-likeness (QED) is 0.0979. The maximum atomic E-state index is 13.4. The number of carbonyl (C=O) groups excluding carboxylic acids is 3. The Morgan fingerprint density at radius 1 is 1.24 bits per heavy atom. The second kappa shape index (κ2) is 6.52. The predicted octanol–water partition coefficient (Wildman–Crippen LogP) is -0.421. The molecule has 13 nitrogen and oxygen atoms in total. The van der Waals surface area contributed by atoms with E-state index in [4.69, 9.17) is 11.5 Å². The average Bonchev–Trinajstić information content (AvgIpc) is 2.69. The Balaban J connectivity index is 2.06. The van der Waals surface area contributed by atoms with E-state index < -0.39 is 91.5 Å². The number of nitrogen functional groups attached to an aromatic ring is 1. The third-order valence-electron chi connectivity index (χ3n) is 6.79. The number of hydrogen-bond donors (Lipinski definition) is 7. The van der Waals surface area contributed by atoms with E-state index >= 15 is 0 Å². The largest absolute Gasteiger partial charge is 0.508 e. The lowest BCUT2D eigenvalue weighted by atomic mass is 9.55. The third-order valence-corrected chi connectivity index (χ3v) is 6.79. The number of fused-ring (bicyclic) bond motifs is 3. The number of phenolic OH excluding ortho intramolecular Hbond substituents is 1. The van der Waals surface area contributed by atoms with Gasteiger partial charge in [0.1, 0.15) is 17.1 Å². The molecule has 1 amide bonds. The predicted molar refractivity (Wildman–Crippen MR) is 108 cm³/mol. The van der Waals surface area contributed by atoms with Crippen molar-refractivity contribution in [2.24, 2.45) is 17.6 Å². The molecule has 1 unspecified atom stereocenters. The SMILES string of the molecule is CC1(O)c2c(N)cc([N+](=O)[O-])c(O)c2C(O)=C2C(=O)[C@]3(O)C(O)=C(C(N)=O)C(=O)C[C@@H]3C[C@@H]21. The lowest BCUT2D eigenvalue weighted by molar-refractivity contribution is -0.385. The van der Waals surface area contributed by atoms with Crippen molar-refractivity contribution in [3.63, 3.8) is 0 Å². The summed E-state index contributed by atoms with van der Waals surface area (Å²) in [5, 5.41) is 65.7. The molecular formula is C20H19N3O10. The molecule has 1 aromatic rings. The van der Waals surface area contributed by atoms with Crippen LogP contribution in [0.2, 0.25) is 0 Å². The molecule has 0 radical (unpaired) electrons. The number of nitrogens with zero attached hydrogens (tertiary/aromatic N) is 1. The molecule has 0 heterocycles. The average molecular weight is 461 g/mol. The fourth-order valence-corrected chi connectivity index (χ4v) is 5.24. The highest BCUT2D eigenvalue weighted by Gasteiger charge is 2.64. The number of rotatable bonds is 2. The van der Waals surface area contributed by atoms with E-state index in [0.29, 0.717) is 0 Å². The van der Waals surface area contributed by atoms with Crippen molar-refractivity contribution in [2.45, 2.75) is 31.0 Å². The van der Waals surface area contributed by atoms with Crippen molar-refractivity contribution in [3.8, 4) is 5.75 Å². The summed E-state index contributed by atoms with van der Waals surface area (Å²) in [4.78, 5) is 47.7. The van der Waals surface area contributed by atoms with Gasteiger partial charge >= 0.3 is 5.69 Å². The molecule has 3 aliphatic carbocycles. The molecule has 1 aromatic carbocycles. The van der Waals surface area contributed by atoms with Crippen molar-refractivity contribution in [2.75, 3.05) is 5.73 Å². The number of anilines is 1. The number of carbonyl (C=O) groups is 3. The Bertz CT molecular complexity index is 1260. The second-order valence-corrected chi connectivity index (χ2v) is 8.55. The summed E-state index contributed by atoms with van der Waals surface area (Å²) in [5.74, 6) is -9.61. The number of aliphatic hydroxyl groups excluding tert-OH is 2. The van der Waals surface area contributed by atoms with Crippen LogP contribution in [0.15, 0.2) is 23.0 Å². The van der Waals surface area contributed by atoms with Crippen LogP contribution in [0, 0.1) is 22.0 Å². The molecule has 13 heteroatoms. The first kappa shape index (κ1) is 22.2. The normalized spacial score (nSPS) is 31.1. The van der Waals surface area contributed by atoms with Gasteiger partial charge in [-0.15, -0.1) is 0 Å². The van der Waals surface area contributed by atoms with Gasteiger partial charge in [0.05, 0.1) is 16.1 Å². The third kappa shape index (κ3) is 2.57. The number of ketones is 2. The monoisotopic (exact) mass is 461 g/mol. The zero-order valence-electron chi connectivity index (χ0n) is 17.0. The number of Topliss-reactive ketones (excluding diaryl/α,β-unsaturated/α-hetero) is 2. The minimum Gasteiger partial charge on any atom is -0.508 e. The molecule has 0 aromatic heterocycles. The number of benzene rings is 1. The van der Waals surface area contributed by atoms with Crippen molar-refractivity contribution < 1.29 is 44.8 Å². The van der Waals surface area contributed by atoms with Crippen LogP contribution in [0.5, 0.6) is 5.75 Å². The zero-order chi connectivity index (χ0) is 24.8. The minimum atomic E-state index is -2.84. The summed E-state index contributed by atoms with van der Waals surface area (Å²) < 4.78 is 0. The van der Waals surface area contributed by atoms with E-state index in [1.807, 2.05) is 0 Å². The van der Waals surface area contributed by atoms with Gasteiger partial charge in [0.2, 0.25) is 11.5 Å². The highest BCUT2D eigenvalue weighted by atomic mass is 16.6. The van der Waals surface area contributed by atoms with Gasteiger partial charge in [-0.2, -0.15) is 0 Å². The van der Waals surface area contributed by atoms with Crippen LogP contribution >= 0.6 is 0 Å². The highest BCUT2D eigenvalue weighted by Crippen LogP contribution is 2.58. The molecule has 4 rings (SSSR count). The molecule has 4 atom stereocenters. The van der Waals surface area contributed by atoms with Gasteiger partial charge in [0.15, 0.2) is 11.4 Å². The first-order valence-corrected chi connectivity index (χ1v) is 9.67. The number of nitrogens with two attached hydrogens (primary N) is 2. The van der Waals surface area contributed by atoms with E-state index in [1.54, 1.807) is 0 Å². The van der Waals surface area contributed by atoms with Gasteiger partial charge in [0.25, 0.3) is 5.91 Å². The second-order valence-electron chi connectivity index (χ2n) is 8.55. The minimum absolute atomic E-state index is 0.283. The number of aromatic hydroxyl groups is 1. The highest BCUT2D eigenvalue weighted by molar-refractivity contribution is 6.22. The number of primary amides is 1. The number of nitro groups is 1. The van der Waals surface area contributed by atoms with Gasteiger partial charge in [-0.1, -0.05) is 0 Å². The van der Waals surface area contributed by atoms with Crippen LogP contribution in [0.3, 0.4) is 0 Å². The summed E-state index contributed by atoms with van der Waals surface area (Å²) in [7, 11) is 0. The van der Waals surface area contributed by atoms with Crippen LogP contribution in [-0.2, 0) is 20.0 Å². The first-order valence-electron chi connectivity index (χ1n) is 9.67. The van der Waals surface area contributed by atoms with Crippen molar-refractivity contribution in [1.82, 2.24) is 0 Å². The summed E-state index contributed by atoms with van der Waals surface area (Å²) in [6, 6.07) is 0.791. The smallest absolute Gasteiger partial charge is 0.313 e. The lowest BCUT2D eigenvalue weighted by Crippen LogP contribution is -2.60. The van der Waals surface area contributed by atoms with Crippen molar-refractivity contribution in [3.05, 3.63) is 44.2 Å². The fraction of sp³-hybridized carbons (Fsp3) is 0.350. The Morgan fingerprint density at radius 2 is 1.85 bits per heavy atom. The zero-order valence-corrected chi connectivity index (χ0v) is 17.0. The van der Waals surface area contributed by atoms with E-state index in [1.165, 1.54) is 6.92 Å². The summed E-state index contributed by atoms with van der Waals surface area (Å²) in [6.45, 7) is 1.19. The molecule has 33 heavy (non-hydrogen) atoms. The lowest BCUT2D eigenvalue weighted by Gasteiger charge is -2.50. The molecule has 0 aliphatic heterocycles. The van der Waals surface area contributed by atoms with Gasteiger partial charge in [-0.05, 0) is 13.3 Å². The number of nitro benzene ring substituents is 1.